The van der Waals surface area contributed by atoms with Gasteiger partial charge in [0.15, 0.2) is 12.4 Å². The maximum atomic E-state index is 13.2. The van der Waals surface area contributed by atoms with Gasteiger partial charge < -0.3 is 4.74 Å². The molecule has 1 saturated heterocycles. The van der Waals surface area contributed by atoms with Crippen LogP contribution < -0.4 is 9.64 Å². The van der Waals surface area contributed by atoms with Crippen molar-refractivity contribution in [1.82, 2.24) is 0 Å². The highest BCUT2D eigenvalue weighted by Gasteiger charge is 2.34. The second-order valence-corrected chi connectivity index (χ2v) is 7.62. The van der Waals surface area contributed by atoms with Crippen LogP contribution in [0.15, 0.2) is 78.9 Å². The number of hydrogen-bond donors (Lipinski definition) is 0. The van der Waals surface area contributed by atoms with Gasteiger partial charge in [0.2, 0.25) is 5.91 Å². The Bertz CT molecular complexity index is 1010. The Labute approximate surface area is 172 Å². The maximum absolute atomic E-state index is 13.2. The van der Waals surface area contributed by atoms with Gasteiger partial charge in [0.1, 0.15) is 16.9 Å². The van der Waals surface area contributed by atoms with E-state index in [1.54, 1.807) is 41.3 Å². The molecule has 29 heavy (non-hydrogen) atoms. The highest BCUT2D eigenvalue weighted by atomic mass is 32.2. The second kappa shape index (κ2) is 8.49. The number of nitrogens with zero attached hydrogens (tertiary/aromatic N) is 1. The van der Waals surface area contributed by atoms with Crippen molar-refractivity contribution < 1.29 is 18.7 Å². The van der Waals surface area contributed by atoms with Crippen LogP contribution in [0.2, 0.25) is 0 Å². The van der Waals surface area contributed by atoms with Crippen molar-refractivity contribution in [2.45, 2.75) is 5.37 Å². The molecule has 0 bridgehead atoms. The Balaban J connectivity index is 1.45. The number of amides is 1. The molecule has 1 atom stereocenters. The predicted molar refractivity (Wildman–Crippen MR) is 112 cm³/mol. The SMILES string of the molecule is O=C(COc1ccc(C2SCC(=O)N2c2ccc(F)cc2)cc1)c1ccccc1. The molecule has 1 heterocycles. The second-order valence-electron chi connectivity index (χ2n) is 6.55. The molecule has 1 aliphatic heterocycles. The van der Waals surface area contributed by atoms with E-state index in [1.165, 1.54) is 23.9 Å². The van der Waals surface area contributed by atoms with Crippen molar-refractivity contribution in [3.8, 4) is 5.75 Å². The molecule has 1 unspecified atom stereocenters. The zero-order chi connectivity index (χ0) is 20.2. The molecular weight excluding hydrogens is 389 g/mol. The number of ether oxygens (including phenoxy) is 1. The fourth-order valence-electron chi connectivity index (χ4n) is 3.14. The van der Waals surface area contributed by atoms with E-state index in [1.807, 2.05) is 30.3 Å². The molecule has 3 aromatic rings. The van der Waals surface area contributed by atoms with Gasteiger partial charge in [-0.25, -0.2) is 4.39 Å². The topological polar surface area (TPSA) is 46.6 Å². The van der Waals surface area contributed by atoms with Gasteiger partial charge in [-0.3, -0.25) is 14.5 Å². The number of ketones is 1. The number of thioether (sulfide) groups is 1. The zero-order valence-corrected chi connectivity index (χ0v) is 16.3. The quantitative estimate of drug-likeness (QED) is 0.547. The molecule has 146 valence electrons. The van der Waals surface area contributed by atoms with Crippen LogP contribution in [0.4, 0.5) is 10.1 Å². The number of Topliss-reactive ketones (excluding diaryl/α,β-unsaturated/α-hetero) is 1. The van der Waals surface area contributed by atoms with Gasteiger partial charge in [-0.05, 0) is 42.0 Å². The van der Waals surface area contributed by atoms with E-state index in [4.69, 9.17) is 4.74 Å². The van der Waals surface area contributed by atoms with Crippen LogP contribution in [-0.4, -0.2) is 24.1 Å². The number of anilines is 1. The molecule has 0 aliphatic carbocycles. The van der Waals surface area contributed by atoms with Crippen molar-refractivity contribution >= 4 is 29.1 Å². The molecule has 4 nitrogen and oxygen atoms in total. The lowest BCUT2D eigenvalue weighted by atomic mass is 10.1. The monoisotopic (exact) mass is 407 g/mol. The van der Waals surface area contributed by atoms with Crippen LogP contribution in [0, 0.1) is 5.82 Å². The molecule has 1 fully saturated rings. The number of carbonyl (C=O) groups excluding carboxylic acids is 2. The van der Waals surface area contributed by atoms with Crippen molar-refractivity contribution in [2.75, 3.05) is 17.3 Å². The molecule has 0 aromatic heterocycles. The van der Waals surface area contributed by atoms with E-state index in [-0.39, 0.29) is 29.5 Å². The number of carbonyl (C=O) groups is 2. The summed E-state index contributed by atoms with van der Waals surface area (Å²) in [6.07, 6.45) is 0. The standard InChI is InChI=1S/C23H18FNO3S/c24-18-8-10-19(11-9-18)25-22(27)15-29-23(25)17-6-12-20(13-7-17)28-14-21(26)16-4-2-1-3-5-16/h1-13,23H,14-15H2. The van der Waals surface area contributed by atoms with Crippen LogP contribution in [-0.2, 0) is 4.79 Å². The summed E-state index contributed by atoms with van der Waals surface area (Å²) in [6, 6.07) is 22.3. The highest BCUT2D eigenvalue weighted by molar-refractivity contribution is 8.00. The number of benzene rings is 3. The average molecular weight is 407 g/mol. The first kappa shape index (κ1) is 19.2. The minimum atomic E-state index is -0.337. The molecule has 6 heteroatoms. The highest BCUT2D eigenvalue weighted by Crippen LogP contribution is 2.42. The largest absolute Gasteiger partial charge is 0.485 e. The number of hydrogen-bond acceptors (Lipinski definition) is 4. The van der Waals surface area contributed by atoms with E-state index < -0.39 is 0 Å². The summed E-state index contributed by atoms with van der Waals surface area (Å²) in [5.41, 5.74) is 2.21. The minimum absolute atomic E-state index is 0.0135. The Hall–Kier alpha value is -3.12. The summed E-state index contributed by atoms with van der Waals surface area (Å²) >= 11 is 1.52. The van der Waals surface area contributed by atoms with Gasteiger partial charge in [0, 0.05) is 11.3 Å². The van der Waals surface area contributed by atoms with Crippen molar-refractivity contribution in [3.63, 3.8) is 0 Å². The van der Waals surface area contributed by atoms with Gasteiger partial charge in [-0.15, -0.1) is 11.8 Å². The molecular formula is C23H18FNO3S. The number of halogens is 1. The van der Waals surface area contributed by atoms with Crippen LogP contribution in [0.5, 0.6) is 5.75 Å². The lowest BCUT2D eigenvalue weighted by molar-refractivity contribution is -0.115. The molecule has 1 aliphatic rings. The molecule has 0 saturated carbocycles. The Kier molecular flexibility index (Phi) is 5.62. The third-order valence-electron chi connectivity index (χ3n) is 4.60. The molecule has 0 radical (unpaired) electrons. The zero-order valence-electron chi connectivity index (χ0n) is 15.5. The Morgan fingerprint density at radius 1 is 1.00 bits per heavy atom. The number of rotatable bonds is 6. The van der Waals surface area contributed by atoms with Crippen LogP contribution in [0.1, 0.15) is 21.3 Å². The normalized spacial score (nSPS) is 16.1. The summed E-state index contributed by atoms with van der Waals surface area (Å²) in [7, 11) is 0. The fraction of sp³-hybridized carbons (Fsp3) is 0.130. The van der Waals surface area contributed by atoms with Gasteiger partial charge in [0.25, 0.3) is 0 Å². The summed E-state index contributed by atoms with van der Waals surface area (Å²) in [6.45, 7) is -0.0400. The summed E-state index contributed by atoms with van der Waals surface area (Å²) in [5, 5.41) is -0.187. The molecule has 0 N–H and O–H groups in total. The molecule has 0 spiro atoms. The average Bonchev–Trinajstić information content (AvgIpc) is 3.15. The Morgan fingerprint density at radius 3 is 2.38 bits per heavy atom. The first-order valence-electron chi connectivity index (χ1n) is 9.12. The minimum Gasteiger partial charge on any atom is -0.485 e. The smallest absolute Gasteiger partial charge is 0.238 e. The van der Waals surface area contributed by atoms with E-state index in [9.17, 15) is 14.0 Å². The van der Waals surface area contributed by atoms with Crippen molar-refractivity contribution in [2.24, 2.45) is 0 Å². The van der Waals surface area contributed by atoms with E-state index in [2.05, 4.69) is 0 Å². The maximum Gasteiger partial charge on any atom is 0.238 e. The van der Waals surface area contributed by atoms with Gasteiger partial charge >= 0.3 is 0 Å². The first-order chi connectivity index (χ1) is 14.1. The lowest BCUT2D eigenvalue weighted by Crippen LogP contribution is -2.27. The van der Waals surface area contributed by atoms with Gasteiger partial charge in [0.05, 0.1) is 5.75 Å². The summed E-state index contributed by atoms with van der Waals surface area (Å²) < 4.78 is 18.8. The van der Waals surface area contributed by atoms with Crippen molar-refractivity contribution in [1.29, 1.82) is 0 Å². The predicted octanol–water partition coefficient (Wildman–Crippen LogP) is 4.87. The summed E-state index contributed by atoms with van der Waals surface area (Å²) in [5.74, 6) is 0.512. The third kappa shape index (κ3) is 4.32. The van der Waals surface area contributed by atoms with Gasteiger partial charge in [-0.1, -0.05) is 42.5 Å². The Morgan fingerprint density at radius 2 is 1.69 bits per heavy atom. The van der Waals surface area contributed by atoms with Crippen LogP contribution >= 0.6 is 11.8 Å². The lowest BCUT2D eigenvalue weighted by Gasteiger charge is -2.24. The molecule has 1 amide bonds. The summed E-state index contributed by atoms with van der Waals surface area (Å²) in [4.78, 5) is 26.2. The van der Waals surface area contributed by atoms with E-state index in [0.29, 0.717) is 22.8 Å². The fourth-order valence-corrected chi connectivity index (χ4v) is 4.31. The van der Waals surface area contributed by atoms with Crippen LogP contribution in [0.3, 0.4) is 0 Å². The third-order valence-corrected chi connectivity index (χ3v) is 5.82. The van der Waals surface area contributed by atoms with Crippen LogP contribution in [0.25, 0.3) is 0 Å². The first-order valence-corrected chi connectivity index (χ1v) is 10.2. The van der Waals surface area contributed by atoms with E-state index >= 15 is 0 Å². The van der Waals surface area contributed by atoms with E-state index in [0.717, 1.165) is 5.56 Å². The van der Waals surface area contributed by atoms with Gasteiger partial charge in [-0.2, -0.15) is 0 Å². The van der Waals surface area contributed by atoms with Crippen molar-refractivity contribution in [3.05, 3.63) is 95.8 Å². The molecule has 3 aromatic carbocycles. The molecule has 4 rings (SSSR count).